The molecule has 2 atom stereocenters. The third-order valence-electron chi connectivity index (χ3n) is 5.10. The van der Waals surface area contributed by atoms with Crippen LogP contribution in [0.4, 0.5) is 0 Å². The van der Waals surface area contributed by atoms with Gasteiger partial charge in [0.05, 0.1) is 13.2 Å². The predicted molar refractivity (Wildman–Crippen MR) is 120 cm³/mol. The number of nitrogens with one attached hydrogen (secondary N) is 1. The molecule has 0 radical (unpaired) electrons. The molecule has 0 aromatic heterocycles. The molecule has 0 bridgehead atoms. The summed E-state index contributed by atoms with van der Waals surface area (Å²) in [5, 5.41) is 2.75. The van der Waals surface area contributed by atoms with Gasteiger partial charge in [0.15, 0.2) is 0 Å². The Morgan fingerprint density at radius 1 is 1.17 bits per heavy atom. The zero-order chi connectivity index (χ0) is 20.0. The minimum absolute atomic E-state index is 0. The molecule has 1 heterocycles. The van der Waals surface area contributed by atoms with Crippen LogP contribution in [-0.2, 0) is 9.59 Å². The second kappa shape index (κ2) is 12.9. The second-order valence-electron chi connectivity index (χ2n) is 7.25. The number of hydrogen-bond donors (Lipinski definition) is 1. The first-order valence-electron chi connectivity index (χ1n) is 9.40. The molecule has 1 saturated heterocycles. The lowest BCUT2D eigenvalue weighted by atomic mass is 10.0. The molecule has 7 nitrogen and oxygen atoms in total. The highest BCUT2D eigenvalue weighted by Gasteiger charge is 2.40. The monoisotopic (exact) mass is 448 g/mol. The maximum atomic E-state index is 13.0. The van der Waals surface area contributed by atoms with Crippen LogP contribution in [0.3, 0.4) is 0 Å². The van der Waals surface area contributed by atoms with Crippen LogP contribution in [-0.4, -0.2) is 87.5 Å². The Labute approximate surface area is 186 Å². The lowest BCUT2D eigenvalue weighted by Gasteiger charge is -2.33. The first-order valence-corrected chi connectivity index (χ1v) is 9.40. The normalized spacial score (nSPS) is 17.1. The summed E-state index contributed by atoms with van der Waals surface area (Å²) in [6, 6.07) is 6.73. The highest BCUT2D eigenvalue weighted by Crippen LogP contribution is 2.31. The SMILES string of the molecule is CNC(=O)[C@@H](c1ccc(OC)cc1)N1CCC[C@H]1C(=O)N(C)CCN(C)C.Cl.Cl. The van der Waals surface area contributed by atoms with Crippen molar-refractivity contribution >= 4 is 36.6 Å². The van der Waals surface area contributed by atoms with Crippen LogP contribution in [0.1, 0.15) is 24.4 Å². The van der Waals surface area contributed by atoms with Crippen LogP contribution in [0, 0.1) is 0 Å². The molecule has 29 heavy (non-hydrogen) atoms. The summed E-state index contributed by atoms with van der Waals surface area (Å²) < 4.78 is 5.22. The van der Waals surface area contributed by atoms with E-state index >= 15 is 0 Å². The zero-order valence-corrected chi connectivity index (χ0v) is 19.5. The van der Waals surface area contributed by atoms with Gasteiger partial charge >= 0.3 is 0 Å². The van der Waals surface area contributed by atoms with Gasteiger partial charge in [-0.05, 0) is 44.6 Å². The number of carbonyl (C=O) groups is 2. The average molecular weight is 449 g/mol. The quantitative estimate of drug-likeness (QED) is 0.656. The Kier molecular flexibility index (Phi) is 12.2. The molecule has 0 unspecified atom stereocenters. The van der Waals surface area contributed by atoms with E-state index < -0.39 is 6.04 Å². The molecule has 1 N–H and O–H groups in total. The molecule has 1 aromatic carbocycles. The highest BCUT2D eigenvalue weighted by molar-refractivity contribution is 5.86. The van der Waals surface area contributed by atoms with Crippen LogP contribution in [0.25, 0.3) is 0 Å². The van der Waals surface area contributed by atoms with Crippen LogP contribution < -0.4 is 10.1 Å². The summed E-state index contributed by atoms with van der Waals surface area (Å²) in [5.41, 5.74) is 0.866. The Morgan fingerprint density at radius 2 is 1.79 bits per heavy atom. The van der Waals surface area contributed by atoms with Crippen molar-refractivity contribution in [3.8, 4) is 5.75 Å². The van der Waals surface area contributed by atoms with E-state index in [0.29, 0.717) is 6.54 Å². The first kappa shape index (κ1) is 27.5. The highest BCUT2D eigenvalue weighted by atomic mass is 35.5. The number of likely N-dealkylation sites (tertiary alicyclic amines) is 1. The van der Waals surface area contributed by atoms with Crippen molar-refractivity contribution in [1.82, 2.24) is 20.0 Å². The van der Waals surface area contributed by atoms with E-state index in [1.54, 1.807) is 19.1 Å². The van der Waals surface area contributed by atoms with E-state index in [2.05, 4.69) is 10.2 Å². The van der Waals surface area contributed by atoms with Gasteiger partial charge in [0.1, 0.15) is 11.8 Å². The predicted octanol–water partition coefficient (Wildman–Crippen LogP) is 1.81. The van der Waals surface area contributed by atoms with Gasteiger partial charge in [-0.1, -0.05) is 12.1 Å². The van der Waals surface area contributed by atoms with Crippen molar-refractivity contribution < 1.29 is 14.3 Å². The summed E-state index contributed by atoms with van der Waals surface area (Å²) in [6.45, 7) is 2.21. The van der Waals surface area contributed by atoms with Crippen molar-refractivity contribution in [1.29, 1.82) is 0 Å². The number of hydrogen-bond acceptors (Lipinski definition) is 5. The van der Waals surface area contributed by atoms with E-state index in [-0.39, 0.29) is 42.7 Å². The van der Waals surface area contributed by atoms with Crippen LogP contribution >= 0.6 is 24.8 Å². The van der Waals surface area contributed by atoms with Crippen LogP contribution in [0.15, 0.2) is 24.3 Å². The first-order chi connectivity index (χ1) is 12.9. The fraction of sp³-hybridized carbons (Fsp3) is 0.600. The average Bonchev–Trinajstić information content (AvgIpc) is 3.15. The fourth-order valence-electron chi connectivity index (χ4n) is 3.49. The maximum Gasteiger partial charge on any atom is 0.241 e. The van der Waals surface area contributed by atoms with E-state index in [1.165, 1.54) is 0 Å². The molecular formula is C20H34Cl2N4O3. The molecule has 1 fully saturated rings. The number of methoxy groups -OCH3 is 1. The summed E-state index contributed by atoms with van der Waals surface area (Å²) >= 11 is 0. The summed E-state index contributed by atoms with van der Waals surface area (Å²) in [7, 11) is 9.07. The fourth-order valence-corrected chi connectivity index (χ4v) is 3.49. The topological polar surface area (TPSA) is 65.1 Å². The van der Waals surface area contributed by atoms with Gasteiger partial charge in [-0.25, -0.2) is 0 Å². The number of rotatable bonds is 8. The summed E-state index contributed by atoms with van der Waals surface area (Å²) in [4.78, 5) is 31.6. The van der Waals surface area contributed by atoms with Crippen LogP contribution in [0.5, 0.6) is 5.75 Å². The van der Waals surface area contributed by atoms with Crippen molar-refractivity contribution in [2.75, 3.05) is 54.9 Å². The number of benzene rings is 1. The van der Waals surface area contributed by atoms with E-state index in [4.69, 9.17) is 4.74 Å². The number of likely N-dealkylation sites (N-methyl/N-ethyl adjacent to an activating group) is 3. The van der Waals surface area contributed by atoms with Crippen molar-refractivity contribution in [2.45, 2.75) is 24.9 Å². The maximum absolute atomic E-state index is 13.0. The van der Waals surface area contributed by atoms with E-state index in [1.807, 2.05) is 50.3 Å². The van der Waals surface area contributed by atoms with Gasteiger partial charge in [-0.15, -0.1) is 24.8 Å². The van der Waals surface area contributed by atoms with Gasteiger partial charge in [0.25, 0.3) is 0 Å². The minimum Gasteiger partial charge on any atom is -0.497 e. The van der Waals surface area contributed by atoms with E-state index in [0.717, 1.165) is 37.2 Å². The van der Waals surface area contributed by atoms with Gasteiger partial charge in [-0.2, -0.15) is 0 Å². The molecule has 2 amide bonds. The van der Waals surface area contributed by atoms with Crippen molar-refractivity contribution in [3.63, 3.8) is 0 Å². The zero-order valence-electron chi connectivity index (χ0n) is 17.9. The molecule has 0 aliphatic carbocycles. The Morgan fingerprint density at radius 3 is 2.31 bits per heavy atom. The largest absolute Gasteiger partial charge is 0.497 e. The number of nitrogens with zero attached hydrogens (tertiary/aromatic N) is 3. The molecule has 0 spiro atoms. The Hall–Kier alpha value is -1.54. The molecule has 0 saturated carbocycles. The van der Waals surface area contributed by atoms with Crippen molar-refractivity contribution in [2.24, 2.45) is 0 Å². The lowest BCUT2D eigenvalue weighted by Crippen LogP contribution is -2.49. The number of carbonyl (C=O) groups excluding carboxylic acids is 2. The smallest absolute Gasteiger partial charge is 0.241 e. The third kappa shape index (κ3) is 7.03. The van der Waals surface area contributed by atoms with Gasteiger partial charge < -0.3 is 19.9 Å². The molecule has 1 aliphatic heterocycles. The molecular weight excluding hydrogens is 415 g/mol. The molecule has 2 rings (SSSR count). The van der Waals surface area contributed by atoms with E-state index in [9.17, 15) is 9.59 Å². The molecule has 1 aliphatic rings. The Bertz CT molecular complexity index is 643. The number of ether oxygens (including phenoxy) is 1. The molecule has 1 aromatic rings. The summed E-state index contributed by atoms with van der Waals surface area (Å²) in [6.07, 6.45) is 1.68. The molecule has 9 heteroatoms. The molecule has 166 valence electrons. The van der Waals surface area contributed by atoms with Crippen LogP contribution in [0.2, 0.25) is 0 Å². The lowest BCUT2D eigenvalue weighted by molar-refractivity contribution is -0.137. The third-order valence-corrected chi connectivity index (χ3v) is 5.10. The number of amides is 2. The standard InChI is InChI=1S/C20H32N4O3.2ClH/c1-21-19(25)18(15-8-10-16(27-5)11-9-15)24-12-6-7-17(24)20(26)23(4)14-13-22(2)3;;/h8-11,17-18H,6-7,12-14H2,1-5H3,(H,21,25);2*1H/t17-,18+;;/m0../s1. The Balaban J connectivity index is 0.00000392. The van der Waals surface area contributed by atoms with Crippen molar-refractivity contribution in [3.05, 3.63) is 29.8 Å². The van der Waals surface area contributed by atoms with Gasteiger partial charge in [-0.3, -0.25) is 14.5 Å². The van der Waals surface area contributed by atoms with Gasteiger partial charge in [0.2, 0.25) is 11.8 Å². The van der Waals surface area contributed by atoms with Gasteiger partial charge in [0, 0.05) is 33.7 Å². The summed E-state index contributed by atoms with van der Waals surface area (Å²) in [5.74, 6) is 0.722. The second-order valence-corrected chi connectivity index (χ2v) is 7.25. The number of halogens is 2. The minimum atomic E-state index is -0.486.